The van der Waals surface area contributed by atoms with Crippen LogP contribution in [0.4, 0.5) is 20.8 Å². The van der Waals surface area contributed by atoms with Crippen molar-refractivity contribution < 1.29 is 23.8 Å². The van der Waals surface area contributed by atoms with E-state index in [0.717, 1.165) is 4.90 Å². The van der Waals surface area contributed by atoms with Crippen molar-refractivity contribution >= 4 is 50.6 Å². The second kappa shape index (κ2) is 7.68. The summed E-state index contributed by atoms with van der Waals surface area (Å²) in [5.41, 5.74) is -0.194. The molecule has 0 aliphatic carbocycles. The van der Waals surface area contributed by atoms with Gasteiger partial charge >= 0.3 is 6.09 Å². The Kier molecular flexibility index (Phi) is 4.91. The number of benzene rings is 3. The Labute approximate surface area is 195 Å². The Bertz CT molecular complexity index is 1440. The molecule has 1 aromatic heterocycles. The largest absolute Gasteiger partial charge is 0.453 e. The lowest BCUT2D eigenvalue weighted by Gasteiger charge is -2.35. The van der Waals surface area contributed by atoms with Crippen LogP contribution in [0, 0.1) is 5.82 Å². The molecule has 0 radical (unpaired) electrons. The van der Waals surface area contributed by atoms with Gasteiger partial charge in [0.2, 0.25) is 5.95 Å². The first-order valence-electron chi connectivity index (χ1n) is 9.79. The molecule has 0 fully saturated rings. The van der Waals surface area contributed by atoms with Gasteiger partial charge in [-0.15, -0.1) is 0 Å². The molecular formula is C23H16BrFN4O4. The molecule has 8 nitrogen and oxygen atoms in total. The maximum absolute atomic E-state index is 14.9. The molecule has 33 heavy (non-hydrogen) atoms. The van der Waals surface area contributed by atoms with Crippen LogP contribution in [-0.4, -0.2) is 34.2 Å². The quantitative estimate of drug-likeness (QED) is 0.376. The van der Waals surface area contributed by atoms with E-state index in [9.17, 15) is 19.1 Å². The topological polar surface area (TPSA) is 108 Å². The fourth-order valence-electron chi connectivity index (χ4n) is 4.02. The SMILES string of the molecule is COC(=O)Nc1nc2ccc(C3(O)c4ccccc4C(=O)N3c3cc(Br)ccc3F)cc2[nH]1. The first kappa shape index (κ1) is 21.1. The molecule has 3 aromatic carbocycles. The van der Waals surface area contributed by atoms with Gasteiger partial charge in [-0.05, 0) is 36.4 Å². The Hall–Kier alpha value is -3.76. The van der Waals surface area contributed by atoms with Crippen molar-refractivity contribution in [1.29, 1.82) is 0 Å². The summed E-state index contributed by atoms with van der Waals surface area (Å²) in [5.74, 6) is -1.05. The van der Waals surface area contributed by atoms with Crippen molar-refractivity contribution in [3.05, 3.63) is 87.6 Å². The van der Waals surface area contributed by atoms with Gasteiger partial charge < -0.3 is 14.8 Å². The third-order valence-corrected chi connectivity index (χ3v) is 5.99. The highest BCUT2D eigenvalue weighted by atomic mass is 79.9. The molecule has 0 spiro atoms. The highest BCUT2D eigenvalue weighted by Crippen LogP contribution is 2.46. The van der Waals surface area contributed by atoms with Crippen LogP contribution >= 0.6 is 15.9 Å². The third-order valence-electron chi connectivity index (χ3n) is 5.50. The summed E-state index contributed by atoms with van der Waals surface area (Å²) < 4.78 is 20.0. The summed E-state index contributed by atoms with van der Waals surface area (Å²) >= 11 is 3.31. The second-order valence-corrected chi connectivity index (χ2v) is 8.30. The molecule has 1 unspecified atom stereocenters. The first-order chi connectivity index (χ1) is 15.8. The van der Waals surface area contributed by atoms with Crippen LogP contribution in [0.2, 0.25) is 0 Å². The monoisotopic (exact) mass is 510 g/mol. The van der Waals surface area contributed by atoms with Crippen molar-refractivity contribution in [3.8, 4) is 0 Å². The molecule has 10 heteroatoms. The molecular weight excluding hydrogens is 495 g/mol. The fourth-order valence-corrected chi connectivity index (χ4v) is 4.37. The number of aliphatic hydroxyl groups is 1. The van der Waals surface area contributed by atoms with Gasteiger partial charge in [0.05, 0.1) is 23.8 Å². The van der Waals surface area contributed by atoms with E-state index in [-0.39, 0.29) is 17.2 Å². The van der Waals surface area contributed by atoms with Gasteiger partial charge in [0, 0.05) is 21.2 Å². The number of fused-ring (bicyclic) bond motifs is 2. The number of ether oxygens (including phenoxy) is 1. The van der Waals surface area contributed by atoms with E-state index >= 15 is 0 Å². The number of hydrogen-bond donors (Lipinski definition) is 3. The zero-order valence-corrected chi connectivity index (χ0v) is 18.7. The van der Waals surface area contributed by atoms with Crippen LogP contribution in [0.3, 0.4) is 0 Å². The van der Waals surface area contributed by atoms with Crippen molar-refractivity contribution in [2.24, 2.45) is 0 Å². The van der Waals surface area contributed by atoms with E-state index in [1.165, 1.54) is 25.3 Å². The summed E-state index contributed by atoms with van der Waals surface area (Å²) in [6, 6.07) is 15.6. The summed E-state index contributed by atoms with van der Waals surface area (Å²) in [5, 5.41) is 14.5. The van der Waals surface area contributed by atoms with Gasteiger partial charge in [-0.3, -0.25) is 15.0 Å². The number of hydrogen-bond acceptors (Lipinski definition) is 5. The van der Waals surface area contributed by atoms with Crippen LogP contribution < -0.4 is 10.2 Å². The number of aromatic nitrogens is 2. The number of methoxy groups -OCH3 is 1. The Morgan fingerprint density at radius 1 is 1.21 bits per heavy atom. The number of halogens is 2. The molecule has 166 valence electrons. The van der Waals surface area contributed by atoms with E-state index in [0.29, 0.717) is 26.6 Å². The van der Waals surface area contributed by atoms with Gasteiger partial charge in [0.1, 0.15) is 5.82 Å². The number of nitrogens with one attached hydrogen (secondary N) is 2. The molecule has 2 heterocycles. The number of imidazole rings is 1. The predicted octanol–water partition coefficient (Wildman–Crippen LogP) is 4.50. The predicted molar refractivity (Wildman–Crippen MR) is 122 cm³/mol. The fraction of sp³-hybridized carbons (Fsp3) is 0.0870. The highest BCUT2D eigenvalue weighted by Gasteiger charge is 2.51. The van der Waals surface area contributed by atoms with Crippen molar-refractivity contribution in [3.63, 3.8) is 0 Å². The molecule has 5 rings (SSSR count). The van der Waals surface area contributed by atoms with Gasteiger partial charge in [0.15, 0.2) is 5.72 Å². The molecule has 1 aliphatic heterocycles. The third kappa shape index (κ3) is 3.26. The highest BCUT2D eigenvalue weighted by molar-refractivity contribution is 9.10. The van der Waals surface area contributed by atoms with E-state index in [1.54, 1.807) is 42.5 Å². The molecule has 4 aromatic rings. The van der Waals surface area contributed by atoms with Crippen molar-refractivity contribution in [2.45, 2.75) is 5.72 Å². The number of nitrogens with zero attached hydrogens (tertiary/aromatic N) is 2. The standard InChI is InChI=1S/C23H16BrFN4O4/c1-33-22(31)28-21-26-17-9-6-12(10-18(17)27-21)23(32)15-5-3-2-4-14(15)20(30)29(23)19-11-13(24)7-8-16(19)25/h2-11,32H,1H3,(H2,26,27,28,31). The van der Waals surface area contributed by atoms with Crippen LogP contribution in [0.1, 0.15) is 21.5 Å². The first-order valence-corrected chi connectivity index (χ1v) is 10.6. The number of anilines is 2. The van der Waals surface area contributed by atoms with E-state index < -0.39 is 23.5 Å². The van der Waals surface area contributed by atoms with Crippen LogP contribution in [0.5, 0.6) is 0 Å². The van der Waals surface area contributed by atoms with Gasteiger partial charge in [-0.25, -0.2) is 14.2 Å². The minimum Gasteiger partial charge on any atom is -0.453 e. The number of H-pyrrole nitrogens is 1. The average Bonchev–Trinajstić information content (AvgIpc) is 3.31. The molecule has 1 atom stereocenters. The number of carbonyl (C=O) groups is 2. The molecule has 0 bridgehead atoms. The second-order valence-electron chi connectivity index (χ2n) is 7.39. The van der Waals surface area contributed by atoms with Crippen LogP contribution in [0.25, 0.3) is 11.0 Å². The van der Waals surface area contributed by atoms with E-state index in [4.69, 9.17) is 0 Å². The molecule has 0 saturated heterocycles. The van der Waals surface area contributed by atoms with Crippen molar-refractivity contribution in [1.82, 2.24) is 9.97 Å². The van der Waals surface area contributed by atoms with Crippen molar-refractivity contribution in [2.75, 3.05) is 17.3 Å². The maximum atomic E-state index is 14.9. The normalized spacial score (nSPS) is 17.3. The summed E-state index contributed by atoms with van der Waals surface area (Å²) in [6.45, 7) is 0. The number of rotatable bonds is 3. The minimum absolute atomic E-state index is 0.0779. The smallest absolute Gasteiger partial charge is 0.413 e. The molecule has 0 saturated carbocycles. The molecule has 3 N–H and O–H groups in total. The Morgan fingerprint density at radius 2 is 2.00 bits per heavy atom. The lowest BCUT2D eigenvalue weighted by Crippen LogP contribution is -2.45. The number of carbonyl (C=O) groups excluding carboxylic acids is 2. The van der Waals surface area contributed by atoms with Crippen LogP contribution in [-0.2, 0) is 10.5 Å². The molecule has 2 amide bonds. The van der Waals surface area contributed by atoms with E-state index in [1.807, 2.05) is 0 Å². The zero-order chi connectivity index (χ0) is 23.3. The van der Waals surface area contributed by atoms with Crippen LogP contribution in [0.15, 0.2) is 65.1 Å². The summed E-state index contributed by atoms with van der Waals surface area (Å²) in [6.07, 6.45) is -0.695. The minimum atomic E-state index is -2.00. The Morgan fingerprint density at radius 3 is 2.79 bits per heavy atom. The van der Waals surface area contributed by atoms with Gasteiger partial charge in [0.25, 0.3) is 5.91 Å². The number of amides is 2. The summed E-state index contributed by atoms with van der Waals surface area (Å²) in [4.78, 5) is 33.1. The Balaban J connectivity index is 1.70. The lowest BCUT2D eigenvalue weighted by atomic mass is 9.93. The molecule has 1 aliphatic rings. The maximum Gasteiger partial charge on any atom is 0.413 e. The van der Waals surface area contributed by atoms with E-state index in [2.05, 4.69) is 36.0 Å². The lowest BCUT2D eigenvalue weighted by molar-refractivity contribution is 0.0699. The average molecular weight is 511 g/mol. The summed E-state index contributed by atoms with van der Waals surface area (Å²) in [7, 11) is 1.23. The number of aromatic amines is 1. The van der Waals surface area contributed by atoms with Gasteiger partial charge in [-0.2, -0.15) is 0 Å². The zero-order valence-electron chi connectivity index (χ0n) is 17.1. The van der Waals surface area contributed by atoms with Gasteiger partial charge in [-0.1, -0.05) is 40.2 Å².